The van der Waals surface area contributed by atoms with Crippen molar-refractivity contribution < 1.29 is 23.9 Å². The molecule has 2 heterocycles. The van der Waals surface area contributed by atoms with Crippen molar-refractivity contribution in [1.82, 2.24) is 10.2 Å². The highest BCUT2D eigenvalue weighted by atomic mass is 16.5. The molecule has 2 aromatic rings. The van der Waals surface area contributed by atoms with Gasteiger partial charge in [0.2, 0.25) is 5.91 Å². The topological polar surface area (TPSA) is 84.9 Å². The lowest BCUT2D eigenvalue weighted by Gasteiger charge is -2.27. The average molecular weight is 422 g/mol. The zero-order valence-electron chi connectivity index (χ0n) is 17.5. The van der Waals surface area contributed by atoms with Crippen LogP contribution >= 0.6 is 0 Å². The Hall–Kier alpha value is -3.19. The highest BCUT2D eigenvalue weighted by molar-refractivity contribution is 5.99. The lowest BCUT2D eigenvalue weighted by atomic mass is 10.1. The molecule has 4 rings (SSSR count). The van der Waals surface area contributed by atoms with Crippen molar-refractivity contribution in [2.24, 2.45) is 0 Å². The van der Waals surface area contributed by atoms with Crippen LogP contribution in [0.25, 0.3) is 0 Å². The molecular weight excluding hydrogens is 396 g/mol. The first-order valence-electron chi connectivity index (χ1n) is 10.7. The number of Topliss-reactive ketones (excluding diaryl/α,β-unsaturated/α-hetero) is 1. The van der Waals surface area contributed by atoms with E-state index in [9.17, 15) is 14.4 Å². The molecule has 2 aromatic carbocycles. The number of hydrogen-bond acceptors (Lipinski definition) is 5. The number of carbonyl (C=O) groups is 3. The van der Waals surface area contributed by atoms with Gasteiger partial charge in [-0.1, -0.05) is 31.5 Å². The fourth-order valence-corrected chi connectivity index (χ4v) is 4.13. The van der Waals surface area contributed by atoms with Crippen LogP contribution in [0.5, 0.6) is 11.5 Å². The van der Waals surface area contributed by atoms with Crippen molar-refractivity contribution >= 4 is 17.6 Å². The third kappa shape index (κ3) is 4.61. The fraction of sp³-hybridized carbons (Fsp3) is 0.375. The first-order valence-corrected chi connectivity index (χ1v) is 10.7. The summed E-state index contributed by atoms with van der Waals surface area (Å²) >= 11 is 0. The second-order valence-corrected chi connectivity index (χ2v) is 7.84. The molecule has 2 fully saturated rings. The Kier molecular flexibility index (Phi) is 6.32. The largest absolute Gasteiger partial charge is 0.457 e. The van der Waals surface area contributed by atoms with Crippen LogP contribution in [0.1, 0.15) is 36.5 Å². The number of fused-ring (bicyclic) bond motifs is 1. The standard InChI is InChI=1S/C24H26N2O5/c1-2-6-19(24(29)26-14-13-21-22(26)20(27)15-30-21)25-23(28)16-9-11-18(12-10-16)31-17-7-4-3-5-8-17/h3-5,7-12,19,21-22H,2,6,13-15H2,1H3,(H,25,28). The lowest BCUT2D eigenvalue weighted by molar-refractivity contribution is -0.138. The first-order chi connectivity index (χ1) is 15.1. The molecule has 162 valence electrons. The summed E-state index contributed by atoms with van der Waals surface area (Å²) in [5.74, 6) is 0.717. The molecule has 2 aliphatic heterocycles. The minimum Gasteiger partial charge on any atom is -0.457 e. The Bertz CT molecular complexity index is 944. The number of benzene rings is 2. The predicted molar refractivity (Wildman–Crippen MR) is 114 cm³/mol. The van der Waals surface area contributed by atoms with Gasteiger partial charge in [0.15, 0.2) is 5.78 Å². The van der Waals surface area contributed by atoms with E-state index in [1.54, 1.807) is 29.2 Å². The van der Waals surface area contributed by atoms with E-state index in [0.717, 1.165) is 6.42 Å². The quantitative estimate of drug-likeness (QED) is 0.742. The highest BCUT2D eigenvalue weighted by Crippen LogP contribution is 2.28. The SMILES string of the molecule is CCCC(NC(=O)c1ccc(Oc2ccccc2)cc1)C(=O)N1CCC2OCC(=O)C21. The number of nitrogens with one attached hydrogen (secondary N) is 1. The molecule has 3 unspecified atom stereocenters. The molecule has 7 heteroatoms. The van der Waals surface area contributed by atoms with E-state index in [4.69, 9.17) is 9.47 Å². The van der Waals surface area contributed by atoms with Crippen LogP contribution in [0.4, 0.5) is 0 Å². The van der Waals surface area contributed by atoms with Crippen LogP contribution in [-0.2, 0) is 14.3 Å². The van der Waals surface area contributed by atoms with Crippen molar-refractivity contribution in [3.8, 4) is 11.5 Å². The lowest BCUT2D eigenvalue weighted by Crippen LogP contribution is -2.52. The third-order valence-corrected chi connectivity index (χ3v) is 5.67. The molecule has 2 saturated heterocycles. The number of ketones is 1. The number of likely N-dealkylation sites (tertiary alicyclic amines) is 1. The van der Waals surface area contributed by atoms with Gasteiger partial charge in [-0.3, -0.25) is 14.4 Å². The van der Waals surface area contributed by atoms with E-state index in [0.29, 0.717) is 36.4 Å². The number of rotatable bonds is 7. The Morgan fingerprint density at radius 2 is 1.84 bits per heavy atom. The van der Waals surface area contributed by atoms with Crippen molar-refractivity contribution in [3.63, 3.8) is 0 Å². The van der Waals surface area contributed by atoms with Crippen molar-refractivity contribution in [2.45, 2.75) is 44.4 Å². The van der Waals surface area contributed by atoms with Gasteiger partial charge in [0.05, 0.1) is 6.10 Å². The minimum absolute atomic E-state index is 0.0569. The summed E-state index contributed by atoms with van der Waals surface area (Å²) in [5, 5.41) is 2.85. The van der Waals surface area contributed by atoms with E-state index < -0.39 is 12.1 Å². The Balaban J connectivity index is 1.41. The van der Waals surface area contributed by atoms with Crippen molar-refractivity contribution in [3.05, 3.63) is 60.2 Å². The van der Waals surface area contributed by atoms with E-state index in [2.05, 4.69) is 5.32 Å². The molecule has 0 spiro atoms. The molecule has 31 heavy (non-hydrogen) atoms. The molecular formula is C24H26N2O5. The summed E-state index contributed by atoms with van der Waals surface area (Å²) in [6.07, 6.45) is 1.67. The van der Waals surface area contributed by atoms with E-state index in [-0.39, 0.29) is 30.3 Å². The summed E-state index contributed by atoms with van der Waals surface area (Å²) in [4.78, 5) is 39.6. The summed E-state index contributed by atoms with van der Waals surface area (Å²) in [5.41, 5.74) is 0.439. The summed E-state index contributed by atoms with van der Waals surface area (Å²) in [6, 6.07) is 15.0. The molecule has 0 radical (unpaired) electrons. The number of amides is 2. The number of ether oxygens (including phenoxy) is 2. The third-order valence-electron chi connectivity index (χ3n) is 5.67. The van der Waals surface area contributed by atoms with Crippen LogP contribution < -0.4 is 10.1 Å². The zero-order chi connectivity index (χ0) is 21.8. The number of nitrogens with zero attached hydrogens (tertiary/aromatic N) is 1. The van der Waals surface area contributed by atoms with Gasteiger partial charge in [-0.25, -0.2) is 0 Å². The van der Waals surface area contributed by atoms with E-state index in [1.165, 1.54) is 0 Å². The Morgan fingerprint density at radius 3 is 2.55 bits per heavy atom. The van der Waals surface area contributed by atoms with Crippen LogP contribution in [0.15, 0.2) is 54.6 Å². The van der Waals surface area contributed by atoms with E-state index >= 15 is 0 Å². The number of hydrogen-bond donors (Lipinski definition) is 1. The molecule has 2 aliphatic rings. The van der Waals surface area contributed by atoms with Gasteiger partial charge in [-0.2, -0.15) is 0 Å². The molecule has 0 aromatic heterocycles. The number of para-hydroxylation sites is 1. The zero-order valence-corrected chi connectivity index (χ0v) is 17.5. The van der Waals surface area contributed by atoms with Crippen molar-refractivity contribution in [1.29, 1.82) is 0 Å². The maximum Gasteiger partial charge on any atom is 0.251 e. The summed E-state index contributed by atoms with van der Waals surface area (Å²) < 4.78 is 11.2. The maximum atomic E-state index is 13.1. The van der Waals surface area contributed by atoms with Gasteiger partial charge in [0.25, 0.3) is 5.91 Å². The predicted octanol–water partition coefficient (Wildman–Crippen LogP) is 2.95. The van der Waals surface area contributed by atoms with Crippen molar-refractivity contribution in [2.75, 3.05) is 13.2 Å². The molecule has 0 saturated carbocycles. The smallest absolute Gasteiger partial charge is 0.251 e. The van der Waals surface area contributed by atoms with Gasteiger partial charge in [0.1, 0.15) is 30.2 Å². The minimum atomic E-state index is -0.676. The normalized spacial score (nSPS) is 20.9. The second kappa shape index (κ2) is 9.31. The van der Waals surface area contributed by atoms with Crippen LogP contribution in [0.3, 0.4) is 0 Å². The fourth-order valence-electron chi connectivity index (χ4n) is 4.13. The van der Waals surface area contributed by atoms with Gasteiger partial charge in [0, 0.05) is 12.1 Å². The van der Waals surface area contributed by atoms with Crippen LogP contribution in [0.2, 0.25) is 0 Å². The monoisotopic (exact) mass is 422 g/mol. The molecule has 0 bridgehead atoms. The second-order valence-electron chi connectivity index (χ2n) is 7.84. The Morgan fingerprint density at radius 1 is 1.13 bits per heavy atom. The first kappa shape index (κ1) is 21.1. The van der Waals surface area contributed by atoms with Crippen LogP contribution in [0, 0.1) is 0 Å². The average Bonchev–Trinajstić information content (AvgIpc) is 3.37. The highest BCUT2D eigenvalue weighted by Gasteiger charge is 2.47. The van der Waals surface area contributed by atoms with Gasteiger partial charge >= 0.3 is 0 Å². The van der Waals surface area contributed by atoms with Crippen LogP contribution in [-0.4, -0.2) is 53.8 Å². The molecule has 1 N–H and O–H groups in total. The van der Waals surface area contributed by atoms with Gasteiger partial charge < -0.3 is 19.7 Å². The molecule has 7 nitrogen and oxygen atoms in total. The molecule has 2 amide bonds. The molecule has 3 atom stereocenters. The van der Waals surface area contributed by atoms with Gasteiger partial charge in [-0.15, -0.1) is 0 Å². The van der Waals surface area contributed by atoms with E-state index in [1.807, 2.05) is 37.3 Å². The maximum absolute atomic E-state index is 13.1. The number of carbonyl (C=O) groups excluding carboxylic acids is 3. The molecule has 0 aliphatic carbocycles. The van der Waals surface area contributed by atoms with Gasteiger partial charge in [-0.05, 0) is 49.2 Å². The summed E-state index contributed by atoms with van der Waals surface area (Å²) in [7, 11) is 0. The summed E-state index contributed by atoms with van der Waals surface area (Å²) in [6.45, 7) is 2.49. The Labute approximate surface area is 181 Å².